The highest BCUT2D eigenvalue weighted by molar-refractivity contribution is 6.30. The summed E-state index contributed by atoms with van der Waals surface area (Å²) in [5, 5.41) is 4.88. The molecule has 0 radical (unpaired) electrons. The summed E-state index contributed by atoms with van der Waals surface area (Å²) in [7, 11) is 0. The molecule has 102 valence electrons. The molecule has 1 aliphatic heterocycles. The van der Waals surface area contributed by atoms with E-state index in [0.717, 1.165) is 22.7 Å². The summed E-state index contributed by atoms with van der Waals surface area (Å²) in [6, 6.07) is 13.1. The summed E-state index contributed by atoms with van der Waals surface area (Å²) in [6.45, 7) is 1.18. The van der Waals surface area contributed by atoms with Crippen LogP contribution >= 0.6 is 11.6 Å². The van der Waals surface area contributed by atoms with Crippen molar-refractivity contribution in [2.75, 3.05) is 18.6 Å². The molecule has 0 bridgehead atoms. The number of hydrazone groups is 1. The number of fused-ring (bicyclic) bond motifs is 1. The first-order valence-corrected chi connectivity index (χ1v) is 6.63. The first kappa shape index (κ1) is 12.8. The van der Waals surface area contributed by atoms with Gasteiger partial charge in [-0.3, -0.25) is 5.43 Å². The number of ether oxygens (including phenoxy) is 2. The molecule has 3 rings (SSSR count). The Hall–Kier alpha value is -2.20. The second-order valence-corrected chi connectivity index (χ2v) is 4.72. The SMILES string of the molecule is Clc1ccc(N/N=C/c2ccc3c(c2)OCCO3)cc1. The fraction of sp³-hybridized carbons (Fsp3) is 0.133. The Morgan fingerprint density at radius 1 is 1.00 bits per heavy atom. The van der Waals surface area contributed by atoms with Gasteiger partial charge in [-0.1, -0.05) is 11.6 Å². The molecule has 0 aromatic heterocycles. The molecule has 0 unspecified atom stereocenters. The fourth-order valence-corrected chi connectivity index (χ4v) is 1.97. The number of hydrogen-bond donors (Lipinski definition) is 1. The molecule has 2 aromatic rings. The summed E-state index contributed by atoms with van der Waals surface area (Å²) in [5.41, 5.74) is 4.76. The van der Waals surface area contributed by atoms with E-state index in [9.17, 15) is 0 Å². The van der Waals surface area contributed by atoms with Crippen LogP contribution in [0.5, 0.6) is 11.5 Å². The van der Waals surface area contributed by atoms with Crippen LogP contribution in [0.4, 0.5) is 5.69 Å². The number of rotatable bonds is 3. The van der Waals surface area contributed by atoms with Crippen LogP contribution in [0, 0.1) is 0 Å². The Labute approximate surface area is 122 Å². The molecule has 4 nitrogen and oxygen atoms in total. The van der Waals surface area contributed by atoms with Crippen molar-refractivity contribution in [1.29, 1.82) is 0 Å². The van der Waals surface area contributed by atoms with E-state index in [2.05, 4.69) is 10.5 Å². The topological polar surface area (TPSA) is 42.9 Å². The minimum absolute atomic E-state index is 0.580. The van der Waals surface area contributed by atoms with E-state index in [1.807, 2.05) is 42.5 Å². The molecule has 0 saturated heterocycles. The zero-order chi connectivity index (χ0) is 13.8. The maximum absolute atomic E-state index is 5.82. The maximum Gasteiger partial charge on any atom is 0.162 e. The fourth-order valence-electron chi connectivity index (χ4n) is 1.85. The zero-order valence-electron chi connectivity index (χ0n) is 10.7. The second kappa shape index (κ2) is 5.84. The van der Waals surface area contributed by atoms with Crippen LogP contribution < -0.4 is 14.9 Å². The summed E-state index contributed by atoms with van der Waals surface area (Å²) >= 11 is 5.82. The van der Waals surface area contributed by atoms with E-state index in [1.165, 1.54) is 0 Å². The molecule has 5 heteroatoms. The minimum atomic E-state index is 0.580. The first-order chi connectivity index (χ1) is 9.81. The van der Waals surface area contributed by atoms with Crippen molar-refractivity contribution in [2.45, 2.75) is 0 Å². The molecule has 1 N–H and O–H groups in total. The number of halogens is 1. The van der Waals surface area contributed by atoms with E-state index >= 15 is 0 Å². The Morgan fingerprint density at radius 3 is 2.55 bits per heavy atom. The van der Waals surface area contributed by atoms with Crippen LogP contribution in [0.2, 0.25) is 5.02 Å². The summed E-state index contributed by atoms with van der Waals surface area (Å²) < 4.78 is 11.0. The lowest BCUT2D eigenvalue weighted by Gasteiger charge is -2.18. The van der Waals surface area contributed by atoms with E-state index in [0.29, 0.717) is 18.2 Å². The van der Waals surface area contributed by atoms with Crippen molar-refractivity contribution in [1.82, 2.24) is 0 Å². The molecule has 20 heavy (non-hydrogen) atoms. The average Bonchev–Trinajstić information content (AvgIpc) is 2.49. The lowest BCUT2D eigenvalue weighted by molar-refractivity contribution is 0.171. The largest absolute Gasteiger partial charge is 0.486 e. The normalized spacial score (nSPS) is 13.4. The van der Waals surface area contributed by atoms with Crippen molar-refractivity contribution in [2.24, 2.45) is 5.10 Å². The van der Waals surface area contributed by atoms with Gasteiger partial charge in [0.1, 0.15) is 13.2 Å². The highest BCUT2D eigenvalue weighted by Crippen LogP contribution is 2.30. The average molecular weight is 289 g/mol. The molecule has 0 atom stereocenters. The number of hydrogen-bond acceptors (Lipinski definition) is 4. The number of nitrogens with zero attached hydrogens (tertiary/aromatic N) is 1. The molecular weight excluding hydrogens is 276 g/mol. The summed E-state index contributed by atoms with van der Waals surface area (Å²) in [6.07, 6.45) is 1.73. The zero-order valence-corrected chi connectivity index (χ0v) is 11.4. The third kappa shape index (κ3) is 3.03. The molecule has 0 fully saturated rings. The van der Waals surface area contributed by atoms with Crippen LogP contribution in [0.3, 0.4) is 0 Å². The van der Waals surface area contributed by atoms with Crippen LogP contribution in [0.15, 0.2) is 47.6 Å². The van der Waals surface area contributed by atoms with Crippen molar-refractivity contribution in [3.05, 3.63) is 53.1 Å². The third-order valence-electron chi connectivity index (χ3n) is 2.82. The Bertz CT molecular complexity index is 626. The Morgan fingerprint density at radius 2 is 1.75 bits per heavy atom. The Kier molecular flexibility index (Phi) is 3.74. The highest BCUT2D eigenvalue weighted by Gasteiger charge is 2.10. The molecule has 0 spiro atoms. The van der Waals surface area contributed by atoms with Crippen LogP contribution in [0.25, 0.3) is 0 Å². The quantitative estimate of drug-likeness (QED) is 0.694. The maximum atomic E-state index is 5.82. The van der Waals surface area contributed by atoms with E-state index in [-0.39, 0.29) is 0 Å². The van der Waals surface area contributed by atoms with Crippen LogP contribution in [0.1, 0.15) is 5.56 Å². The standard InChI is InChI=1S/C15H13ClN2O2/c16-12-2-4-13(5-3-12)18-17-10-11-1-6-14-15(9-11)20-8-7-19-14/h1-6,9-10,18H,7-8H2/b17-10+. The smallest absolute Gasteiger partial charge is 0.162 e. The van der Waals surface area contributed by atoms with Gasteiger partial charge < -0.3 is 9.47 Å². The van der Waals surface area contributed by atoms with Gasteiger partial charge in [0.2, 0.25) is 0 Å². The third-order valence-corrected chi connectivity index (χ3v) is 3.07. The van der Waals surface area contributed by atoms with Gasteiger partial charge in [-0.2, -0.15) is 5.10 Å². The van der Waals surface area contributed by atoms with Gasteiger partial charge in [-0.25, -0.2) is 0 Å². The van der Waals surface area contributed by atoms with Gasteiger partial charge >= 0.3 is 0 Å². The molecule has 0 amide bonds. The van der Waals surface area contributed by atoms with Gasteiger partial charge in [0.05, 0.1) is 11.9 Å². The van der Waals surface area contributed by atoms with Gasteiger partial charge in [0, 0.05) is 5.02 Å². The Balaban J connectivity index is 1.68. The van der Waals surface area contributed by atoms with Gasteiger partial charge in [0.15, 0.2) is 11.5 Å². The van der Waals surface area contributed by atoms with Crippen LogP contribution in [-0.2, 0) is 0 Å². The van der Waals surface area contributed by atoms with Gasteiger partial charge in [-0.05, 0) is 48.0 Å². The van der Waals surface area contributed by atoms with Crippen molar-refractivity contribution in [3.63, 3.8) is 0 Å². The summed E-state index contributed by atoms with van der Waals surface area (Å²) in [5.74, 6) is 1.53. The molecule has 0 saturated carbocycles. The van der Waals surface area contributed by atoms with E-state index < -0.39 is 0 Å². The molecule has 1 aliphatic rings. The van der Waals surface area contributed by atoms with E-state index in [1.54, 1.807) is 6.21 Å². The monoisotopic (exact) mass is 288 g/mol. The van der Waals surface area contributed by atoms with Crippen molar-refractivity contribution < 1.29 is 9.47 Å². The molecule has 2 aromatic carbocycles. The predicted molar refractivity (Wildman–Crippen MR) is 80.1 cm³/mol. The number of benzene rings is 2. The number of nitrogens with one attached hydrogen (secondary N) is 1. The van der Waals surface area contributed by atoms with Crippen LogP contribution in [-0.4, -0.2) is 19.4 Å². The lowest BCUT2D eigenvalue weighted by atomic mass is 10.2. The predicted octanol–water partition coefficient (Wildman–Crippen LogP) is 3.56. The van der Waals surface area contributed by atoms with Gasteiger partial charge in [-0.15, -0.1) is 0 Å². The van der Waals surface area contributed by atoms with Crippen molar-refractivity contribution >= 4 is 23.5 Å². The van der Waals surface area contributed by atoms with Crippen molar-refractivity contribution in [3.8, 4) is 11.5 Å². The molecule has 0 aliphatic carbocycles. The molecular formula is C15H13ClN2O2. The van der Waals surface area contributed by atoms with E-state index in [4.69, 9.17) is 21.1 Å². The highest BCUT2D eigenvalue weighted by atomic mass is 35.5. The first-order valence-electron chi connectivity index (χ1n) is 6.25. The summed E-state index contributed by atoms with van der Waals surface area (Å²) in [4.78, 5) is 0. The minimum Gasteiger partial charge on any atom is -0.486 e. The number of anilines is 1. The second-order valence-electron chi connectivity index (χ2n) is 4.28. The van der Waals surface area contributed by atoms with Gasteiger partial charge in [0.25, 0.3) is 0 Å². The lowest BCUT2D eigenvalue weighted by Crippen LogP contribution is -2.15. The molecule has 1 heterocycles.